The number of carbonyl (C=O) groups is 3. The van der Waals surface area contributed by atoms with Crippen LogP contribution in [0, 0.1) is 5.82 Å². The summed E-state index contributed by atoms with van der Waals surface area (Å²) < 4.78 is 18.5. The van der Waals surface area contributed by atoms with Crippen molar-refractivity contribution in [3.63, 3.8) is 0 Å². The van der Waals surface area contributed by atoms with Gasteiger partial charge in [0.05, 0.1) is 20.1 Å². The van der Waals surface area contributed by atoms with Crippen molar-refractivity contribution >= 4 is 23.7 Å². The zero-order valence-corrected chi connectivity index (χ0v) is 15.3. The van der Waals surface area contributed by atoms with E-state index >= 15 is 0 Å². The minimum atomic E-state index is -0.872. The van der Waals surface area contributed by atoms with E-state index in [0.717, 1.165) is 6.07 Å². The maximum absolute atomic E-state index is 14.0. The normalized spacial score (nSPS) is 18.5. The van der Waals surface area contributed by atoms with Gasteiger partial charge in [-0.1, -0.05) is 13.0 Å². The van der Waals surface area contributed by atoms with Gasteiger partial charge in [-0.05, 0) is 37.1 Å². The number of ether oxygens (including phenoxy) is 1. The van der Waals surface area contributed by atoms with E-state index in [-0.39, 0.29) is 36.3 Å². The first kappa shape index (κ1) is 20.6. The van der Waals surface area contributed by atoms with Gasteiger partial charge < -0.3 is 20.5 Å². The monoisotopic (exact) mass is 381 g/mol. The third-order valence-corrected chi connectivity index (χ3v) is 4.58. The van der Waals surface area contributed by atoms with Gasteiger partial charge in [-0.3, -0.25) is 14.5 Å². The summed E-state index contributed by atoms with van der Waals surface area (Å²) >= 11 is 0. The molecule has 0 heterocycles. The van der Waals surface area contributed by atoms with Crippen LogP contribution in [0.15, 0.2) is 18.2 Å². The Morgan fingerprint density at radius 2 is 2.04 bits per heavy atom. The Kier molecular flexibility index (Phi) is 7.12. The zero-order chi connectivity index (χ0) is 20.0. The van der Waals surface area contributed by atoms with Gasteiger partial charge in [-0.25, -0.2) is 9.18 Å². The van der Waals surface area contributed by atoms with Crippen molar-refractivity contribution in [3.8, 4) is 0 Å². The lowest BCUT2D eigenvalue weighted by atomic mass is 9.85. The number of benzene rings is 1. The number of rotatable bonds is 8. The molecule has 1 aromatic rings. The van der Waals surface area contributed by atoms with Crippen molar-refractivity contribution in [2.24, 2.45) is 0 Å². The van der Waals surface area contributed by atoms with Crippen molar-refractivity contribution in [2.75, 3.05) is 25.5 Å². The number of carboxylic acid groups (broad SMARTS) is 1. The van der Waals surface area contributed by atoms with Gasteiger partial charge in [0, 0.05) is 17.8 Å². The van der Waals surface area contributed by atoms with E-state index in [1.807, 2.05) is 11.8 Å². The molecule has 0 spiro atoms. The molecule has 1 aliphatic carbocycles. The Morgan fingerprint density at radius 1 is 1.33 bits per heavy atom. The van der Waals surface area contributed by atoms with Crippen LogP contribution in [0.2, 0.25) is 0 Å². The van der Waals surface area contributed by atoms with Gasteiger partial charge in [0.1, 0.15) is 5.82 Å². The molecule has 148 valence electrons. The third kappa shape index (κ3) is 5.92. The Balaban J connectivity index is 1.81. The van der Waals surface area contributed by atoms with E-state index in [2.05, 4.69) is 15.4 Å². The molecule has 27 heavy (non-hydrogen) atoms. The summed E-state index contributed by atoms with van der Waals surface area (Å²) in [6.07, 6.45) is 1.16. The average molecular weight is 381 g/mol. The number of hydrogen-bond acceptors (Lipinski definition) is 5. The highest BCUT2D eigenvalue weighted by Crippen LogP contribution is 2.25. The summed E-state index contributed by atoms with van der Waals surface area (Å²) in [5.74, 6) is -2.02. The lowest BCUT2D eigenvalue weighted by Gasteiger charge is -2.42. The van der Waals surface area contributed by atoms with E-state index in [0.29, 0.717) is 19.4 Å². The van der Waals surface area contributed by atoms with Crippen molar-refractivity contribution in [1.82, 2.24) is 10.2 Å². The van der Waals surface area contributed by atoms with Crippen molar-refractivity contribution in [1.29, 1.82) is 0 Å². The van der Waals surface area contributed by atoms with Crippen LogP contribution in [0.4, 0.5) is 14.9 Å². The highest BCUT2D eigenvalue weighted by Gasteiger charge is 2.34. The number of carbonyl (C=O) groups excluding carboxylic acids is 2. The fraction of sp³-hybridized carbons (Fsp3) is 0.500. The number of nitrogens with one attached hydrogen (secondary N) is 2. The summed E-state index contributed by atoms with van der Waals surface area (Å²) in [7, 11) is 1.23. The Bertz CT molecular complexity index is 706. The van der Waals surface area contributed by atoms with Gasteiger partial charge in [0.25, 0.3) is 0 Å². The van der Waals surface area contributed by atoms with E-state index in [9.17, 15) is 18.8 Å². The lowest BCUT2D eigenvalue weighted by Crippen LogP contribution is -2.55. The van der Waals surface area contributed by atoms with E-state index < -0.39 is 23.8 Å². The number of nitrogens with zero attached hydrogens (tertiary/aromatic N) is 1. The van der Waals surface area contributed by atoms with Crippen LogP contribution in [0.1, 0.15) is 25.3 Å². The second-order valence-electron chi connectivity index (χ2n) is 6.44. The van der Waals surface area contributed by atoms with Gasteiger partial charge in [0.2, 0.25) is 0 Å². The number of anilines is 1. The molecule has 0 atom stereocenters. The molecule has 0 radical (unpaired) electrons. The summed E-state index contributed by atoms with van der Waals surface area (Å²) in [5.41, 5.74) is 0.461. The number of esters is 1. The van der Waals surface area contributed by atoms with Gasteiger partial charge in [-0.15, -0.1) is 0 Å². The molecule has 2 rings (SSSR count). The predicted molar refractivity (Wildman–Crippen MR) is 96.0 cm³/mol. The Hall–Kier alpha value is -2.68. The van der Waals surface area contributed by atoms with Crippen LogP contribution in [0.25, 0.3) is 0 Å². The molecule has 0 unspecified atom stereocenters. The SMILES string of the molecule is CCN(CC(=O)O)C1CC(NC(=O)Nc2ccc(CC(=O)OC)c(F)c2)C1. The molecule has 8 nitrogen and oxygen atoms in total. The summed E-state index contributed by atoms with van der Waals surface area (Å²) in [6, 6.07) is 3.70. The van der Waals surface area contributed by atoms with Crippen molar-refractivity contribution < 1.29 is 28.6 Å². The number of methoxy groups -OCH3 is 1. The van der Waals surface area contributed by atoms with Crippen LogP contribution in [-0.2, 0) is 20.7 Å². The number of likely N-dealkylation sites (N-methyl/N-ethyl adjacent to an activating group) is 1. The minimum absolute atomic E-state index is 0.0166. The molecule has 2 amide bonds. The smallest absolute Gasteiger partial charge is 0.319 e. The largest absolute Gasteiger partial charge is 0.480 e. The quantitative estimate of drug-likeness (QED) is 0.591. The number of carboxylic acids is 1. The molecule has 1 saturated carbocycles. The summed E-state index contributed by atoms with van der Waals surface area (Å²) in [6.45, 7) is 2.51. The fourth-order valence-electron chi connectivity index (χ4n) is 3.03. The van der Waals surface area contributed by atoms with Gasteiger partial charge >= 0.3 is 18.0 Å². The number of aliphatic carboxylic acids is 1. The van der Waals surface area contributed by atoms with Crippen LogP contribution < -0.4 is 10.6 Å². The average Bonchev–Trinajstić information content (AvgIpc) is 2.58. The first-order chi connectivity index (χ1) is 12.8. The predicted octanol–water partition coefficient (Wildman–Crippen LogP) is 1.60. The highest BCUT2D eigenvalue weighted by atomic mass is 19.1. The van der Waals surface area contributed by atoms with E-state index in [4.69, 9.17) is 5.11 Å². The first-order valence-electron chi connectivity index (χ1n) is 8.71. The van der Waals surface area contributed by atoms with Crippen LogP contribution in [-0.4, -0.2) is 60.3 Å². The fourth-order valence-corrected chi connectivity index (χ4v) is 3.03. The Labute approximate surface area is 156 Å². The second kappa shape index (κ2) is 9.31. The highest BCUT2D eigenvalue weighted by molar-refractivity contribution is 5.89. The molecule has 0 aliphatic heterocycles. The molecular formula is C18H24FN3O5. The van der Waals surface area contributed by atoms with Crippen molar-refractivity contribution in [3.05, 3.63) is 29.6 Å². The number of amides is 2. The molecule has 1 aromatic carbocycles. The van der Waals surface area contributed by atoms with Crippen LogP contribution in [0.3, 0.4) is 0 Å². The molecule has 0 saturated heterocycles. The maximum atomic E-state index is 14.0. The van der Waals surface area contributed by atoms with Gasteiger partial charge in [0.15, 0.2) is 0 Å². The molecule has 9 heteroatoms. The topological polar surface area (TPSA) is 108 Å². The lowest BCUT2D eigenvalue weighted by molar-refractivity contribution is -0.140. The minimum Gasteiger partial charge on any atom is -0.480 e. The number of halogens is 1. The molecule has 3 N–H and O–H groups in total. The summed E-state index contributed by atoms with van der Waals surface area (Å²) in [4.78, 5) is 35.9. The number of hydrogen-bond donors (Lipinski definition) is 3. The first-order valence-corrected chi connectivity index (χ1v) is 8.71. The zero-order valence-electron chi connectivity index (χ0n) is 15.3. The van der Waals surface area contributed by atoms with E-state index in [1.54, 1.807) is 0 Å². The van der Waals surface area contributed by atoms with Crippen LogP contribution >= 0.6 is 0 Å². The molecule has 0 aromatic heterocycles. The molecule has 0 bridgehead atoms. The maximum Gasteiger partial charge on any atom is 0.319 e. The third-order valence-electron chi connectivity index (χ3n) is 4.58. The van der Waals surface area contributed by atoms with E-state index in [1.165, 1.54) is 19.2 Å². The molecular weight excluding hydrogens is 357 g/mol. The Morgan fingerprint density at radius 3 is 2.59 bits per heavy atom. The standard InChI is InChI=1S/C18H24FN3O5/c1-3-22(10-16(23)24)14-7-13(8-14)21-18(26)20-12-5-4-11(15(19)9-12)6-17(25)27-2/h4-5,9,13-14H,3,6-8,10H2,1-2H3,(H,23,24)(H2,20,21,26). The molecule has 1 aliphatic rings. The number of urea groups is 1. The second-order valence-corrected chi connectivity index (χ2v) is 6.44. The van der Waals surface area contributed by atoms with Gasteiger partial charge in [-0.2, -0.15) is 0 Å². The molecule has 1 fully saturated rings. The summed E-state index contributed by atoms with van der Waals surface area (Å²) in [5, 5.41) is 14.2. The van der Waals surface area contributed by atoms with Crippen molar-refractivity contribution in [2.45, 2.75) is 38.3 Å². The van der Waals surface area contributed by atoms with Crippen LogP contribution in [0.5, 0.6) is 0 Å².